The van der Waals surface area contributed by atoms with Crippen molar-refractivity contribution in [2.45, 2.75) is 77.9 Å². The van der Waals surface area contributed by atoms with Crippen molar-refractivity contribution in [2.24, 2.45) is 46.3 Å². The lowest BCUT2D eigenvalue weighted by Gasteiger charge is -2.64. The zero-order valence-electron chi connectivity index (χ0n) is 20.3. The van der Waals surface area contributed by atoms with Crippen LogP contribution in [0.2, 0.25) is 0 Å². The summed E-state index contributed by atoms with van der Waals surface area (Å²) in [6.45, 7) is 10.3. The van der Waals surface area contributed by atoms with Crippen LogP contribution in [0, 0.1) is 46.3 Å². The van der Waals surface area contributed by atoms with Crippen LogP contribution in [-0.4, -0.2) is 53.4 Å². The molecule has 3 aliphatic carbocycles. The lowest BCUT2D eigenvalue weighted by molar-refractivity contribution is -0.225. The number of hydrogen-bond donors (Lipinski definition) is 0. The number of ether oxygens (including phenoxy) is 4. The van der Waals surface area contributed by atoms with Crippen molar-refractivity contribution in [3.05, 3.63) is 0 Å². The highest BCUT2D eigenvalue weighted by molar-refractivity contribution is 5.14. The summed E-state index contributed by atoms with van der Waals surface area (Å²) in [5.41, 5.74) is 0.631. The normalized spacial score (nSPS) is 49.2. The SMILES string of the molecule is COCCC[C@@H](C)[C@H]1CC[C@H]2[C@@H]3[C@H](OC)C[C@@H]4COCC[C@]4(C)[C@H]3C[C@H](OC)[C@]12C. The molecule has 3 saturated carbocycles. The third-order valence-electron chi connectivity index (χ3n) is 10.6. The van der Waals surface area contributed by atoms with Crippen LogP contribution in [0.3, 0.4) is 0 Å². The molecule has 0 aromatic heterocycles. The van der Waals surface area contributed by atoms with E-state index in [1.54, 1.807) is 0 Å². The van der Waals surface area contributed by atoms with Gasteiger partial charge in [-0.3, -0.25) is 0 Å². The predicted octanol–water partition coefficient (Wildman–Crippen LogP) is 5.19. The molecule has 0 radical (unpaired) electrons. The summed E-state index contributed by atoms with van der Waals surface area (Å²) in [4.78, 5) is 0. The van der Waals surface area contributed by atoms with Gasteiger partial charge in [-0.05, 0) is 85.9 Å². The second-order valence-corrected chi connectivity index (χ2v) is 11.5. The highest BCUT2D eigenvalue weighted by atomic mass is 16.5. The van der Waals surface area contributed by atoms with Gasteiger partial charge in [0, 0.05) is 40.0 Å². The molecule has 0 aromatic rings. The average molecular weight is 423 g/mol. The number of fused-ring (bicyclic) bond motifs is 5. The summed E-state index contributed by atoms with van der Waals surface area (Å²) in [7, 11) is 5.74. The molecule has 0 unspecified atom stereocenters. The second kappa shape index (κ2) is 9.00. The smallest absolute Gasteiger partial charge is 0.0633 e. The molecule has 4 fully saturated rings. The van der Waals surface area contributed by atoms with Crippen molar-refractivity contribution in [3.8, 4) is 0 Å². The Morgan fingerprint density at radius 2 is 1.83 bits per heavy atom. The Kier molecular flexibility index (Phi) is 6.90. The van der Waals surface area contributed by atoms with E-state index in [-0.39, 0.29) is 5.41 Å². The minimum Gasteiger partial charge on any atom is -0.385 e. The van der Waals surface area contributed by atoms with Crippen LogP contribution < -0.4 is 0 Å². The highest BCUT2D eigenvalue weighted by Gasteiger charge is 2.66. The molecule has 0 aromatic carbocycles. The fourth-order valence-electron chi connectivity index (χ4n) is 8.92. The van der Waals surface area contributed by atoms with Gasteiger partial charge in [-0.15, -0.1) is 0 Å². The maximum atomic E-state index is 6.36. The Morgan fingerprint density at radius 1 is 1.03 bits per heavy atom. The summed E-state index contributed by atoms with van der Waals surface area (Å²) in [5.74, 6) is 4.16. The van der Waals surface area contributed by atoms with Crippen molar-refractivity contribution in [3.63, 3.8) is 0 Å². The Hall–Kier alpha value is -0.160. The first kappa shape index (κ1) is 23.0. The van der Waals surface area contributed by atoms with Gasteiger partial charge in [0.05, 0.1) is 18.8 Å². The Morgan fingerprint density at radius 3 is 2.53 bits per heavy atom. The van der Waals surface area contributed by atoms with Gasteiger partial charge in [0.25, 0.3) is 0 Å². The molecule has 0 spiro atoms. The summed E-state index contributed by atoms with van der Waals surface area (Å²) >= 11 is 0. The predicted molar refractivity (Wildman–Crippen MR) is 119 cm³/mol. The Bertz CT molecular complexity index is 581. The first-order chi connectivity index (χ1) is 14.4. The van der Waals surface area contributed by atoms with Gasteiger partial charge >= 0.3 is 0 Å². The maximum absolute atomic E-state index is 6.36. The van der Waals surface area contributed by atoms with E-state index in [0.717, 1.165) is 31.7 Å². The van der Waals surface area contributed by atoms with E-state index < -0.39 is 0 Å². The van der Waals surface area contributed by atoms with E-state index in [2.05, 4.69) is 20.8 Å². The fourth-order valence-corrected chi connectivity index (χ4v) is 8.92. The van der Waals surface area contributed by atoms with Gasteiger partial charge in [-0.2, -0.15) is 0 Å². The van der Waals surface area contributed by atoms with Crippen LogP contribution in [0.4, 0.5) is 0 Å². The van der Waals surface area contributed by atoms with E-state index >= 15 is 0 Å². The molecule has 0 bridgehead atoms. The second-order valence-electron chi connectivity index (χ2n) is 11.5. The van der Waals surface area contributed by atoms with Gasteiger partial charge in [0.1, 0.15) is 0 Å². The minimum absolute atomic E-state index is 0.257. The maximum Gasteiger partial charge on any atom is 0.0633 e. The molecule has 10 atom stereocenters. The van der Waals surface area contributed by atoms with Crippen molar-refractivity contribution < 1.29 is 18.9 Å². The number of rotatable bonds is 7. The van der Waals surface area contributed by atoms with Crippen LogP contribution in [-0.2, 0) is 18.9 Å². The summed E-state index contributed by atoms with van der Waals surface area (Å²) in [6, 6.07) is 0. The van der Waals surface area contributed by atoms with Crippen LogP contribution in [0.25, 0.3) is 0 Å². The molecule has 1 heterocycles. The first-order valence-electron chi connectivity index (χ1n) is 12.5. The Balaban J connectivity index is 1.64. The van der Waals surface area contributed by atoms with Crippen molar-refractivity contribution >= 4 is 0 Å². The number of methoxy groups -OCH3 is 3. The third-order valence-corrected chi connectivity index (χ3v) is 10.6. The summed E-state index contributed by atoms with van der Waals surface area (Å²) in [6.07, 6.45) is 9.42. The van der Waals surface area contributed by atoms with E-state index in [1.807, 2.05) is 21.3 Å². The highest BCUT2D eigenvalue weighted by Crippen LogP contribution is 2.68. The molecular weight excluding hydrogens is 376 g/mol. The standard InChI is InChI=1S/C26H46O4/c1-17(8-7-12-27-4)19-9-10-20-24-21(15-23(29-6)26(19,20)3)25(2)11-13-30-16-18(25)14-22(24)28-5/h17-24H,7-16H2,1-6H3/t17-,18-,19-,20+,21+,22-,23+,24+,25+,26-/m1/s1. The molecule has 30 heavy (non-hydrogen) atoms. The van der Waals surface area contributed by atoms with Gasteiger partial charge in [0.15, 0.2) is 0 Å². The quantitative estimate of drug-likeness (QED) is 0.529. The fraction of sp³-hybridized carbons (Fsp3) is 1.00. The molecule has 4 rings (SSSR count). The van der Waals surface area contributed by atoms with E-state index in [9.17, 15) is 0 Å². The molecule has 4 nitrogen and oxygen atoms in total. The van der Waals surface area contributed by atoms with E-state index in [1.165, 1.54) is 44.9 Å². The molecule has 0 amide bonds. The zero-order valence-corrected chi connectivity index (χ0v) is 20.3. The van der Waals surface area contributed by atoms with E-state index in [0.29, 0.717) is 41.3 Å². The molecule has 1 aliphatic heterocycles. The monoisotopic (exact) mass is 422 g/mol. The van der Waals surface area contributed by atoms with Crippen LogP contribution >= 0.6 is 0 Å². The summed E-state index contributed by atoms with van der Waals surface area (Å²) in [5, 5.41) is 0. The molecule has 174 valence electrons. The van der Waals surface area contributed by atoms with Gasteiger partial charge in [-0.1, -0.05) is 20.8 Å². The topological polar surface area (TPSA) is 36.9 Å². The van der Waals surface area contributed by atoms with Crippen molar-refractivity contribution in [1.82, 2.24) is 0 Å². The van der Waals surface area contributed by atoms with Gasteiger partial charge in [-0.25, -0.2) is 0 Å². The zero-order chi connectivity index (χ0) is 21.5. The van der Waals surface area contributed by atoms with Crippen LogP contribution in [0.1, 0.15) is 65.7 Å². The average Bonchev–Trinajstić information content (AvgIpc) is 3.10. The third kappa shape index (κ3) is 3.49. The van der Waals surface area contributed by atoms with Crippen molar-refractivity contribution in [2.75, 3.05) is 41.2 Å². The molecule has 4 heteroatoms. The molecule has 4 aliphatic rings. The van der Waals surface area contributed by atoms with Gasteiger partial charge in [0.2, 0.25) is 0 Å². The number of hydrogen-bond acceptors (Lipinski definition) is 4. The molecular formula is C26H46O4. The first-order valence-corrected chi connectivity index (χ1v) is 12.5. The minimum atomic E-state index is 0.257. The lowest BCUT2D eigenvalue weighted by Crippen LogP contribution is -2.63. The van der Waals surface area contributed by atoms with Crippen LogP contribution in [0.5, 0.6) is 0 Å². The van der Waals surface area contributed by atoms with E-state index in [4.69, 9.17) is 18.9 Å². The van der Waals surface area contributed by atoms with Crippen molar-refractivity contribution in [1.29, 1.82) is 0 Å². The Labute approximate surface area is 184 Å². The largest absolute Gasteiger partial charge is 0.385 e. The lowest BCUT2D eigenvalue weighted by atomic mass is 9.44. The van der Waals surface area contributed by atoms with Gasteiger partial charge < -0.3 is 18.9 Å². The summed E-state index contributed by atoms with van der Waals surface area (Å²) < 4.78 is 23.9. The molecule has 1 saturated heterocycles. The molecule has 0 N–H and O–H groups in total. The van der Waals surface area contributed by atoms with Crippen LogP contribution in [0.15, 0.2) is 0 Å².